The van der Waals surface area contributed by atoms with Gasteiger partial charge in [-0.25, -0.2) is 0 Å². The van der Waals surface area contributed by atoms with Gasteiger partial charge in [-0.2, -0.15) is 0 Å². The summed E-state index contributed by atoms with van der Waals surface area (Å²) in [4.78, 5) is 10.8. The second-order valence-corrected chi connectivity index (χ2v) is 2.37. The van der Waals surface area contributed by atoms with Crippen LogP contribution in [0, 0.1) is 0 Å². The molecule has 2 heterocycles. The first-order chi connectivity index (χ1) is 4.86. The smallest absolute Gasteiger partial charge is 0.163 e. The maximum absolute atomic E-state index is 10.8. The van der Waals surface area contributed by atoms with E-state index in [-0.39, 0.29) is 5.78 Å². The molecule has 0 saturated heterocycles. The molecule has 0 radical (unpaired) electrons. The number of hydrogen-bond donors (Lipinski definition) is 0. The molecule has 1 aliphatic heterocycles. The molecule has 0 unspecified atom stereocenters. The van der Waals surface area contributed by atoms with E-state index < -0.39 is 0 Å². The lowest BCUT2D eigenvalue weighted by Crippen LogP contribution is -2.07. The maximum atomic E-state index is 10.8. The number of fused-ring (bicyclic) bond motifs is 1. The van der Waals surface area contributed by atoms with Crippen LogP contribution in [0.2, 0.25) is 0 Å². The molecule has 2 rings (SSSR count). The number of allylic oxidation sites excluding steroid dienone is 1. The molecule has 1 aromatic heterocycles. The fraction of sp³-hybridized carbons (Fsp3) is 0.125. The second kappa shape index (κ2) is 1.84. The summed E-state index contributed by atoms with van der Waals surface area (Å²) >= 11 is 0. The van der Waals surface area contributed by atoms with Crippen LogP contribution < -0.4 is 0 Å². The Morgan fingerprint density at radius 3 is 3.30 bits per heavy atom. The zero-order chi connectivity index (χ0) is 6.97. The van der Waals surface area contributed by atoms with Crippen molar-refractivity contribution in [2.24, 2.45) is 0 Å². The van der Waals surface area contributed by atoms with Gasteiger partial charge < -0.3 is 4.57 Å². The SMILES string of the molecule is O=C1C=Cn2cccc2C1. The maximum Gasteiger partial charge on any atom is 0.163 e. The first kappa shape index (κ1) is 5.47. The number of rotatable bonds is 0. The molecular weight excluding hydrogens is 126 g/mol. The van der Waals surface area contributed by atoms with Crippen LogP contribution in [0.15, 0.2) is 24.4 Å². The predicted molar refractivity (Wildman–Crippen MR) is 38.5 cm³/mol. The highest BCUT2D eigenvalue weighted by Crippen LogP contribution is 2.09. The average molecular weight is 133 g/mol. The van der Waals surface area contributed by atoms with Crippen molar-refractivity contribution in [1.82, 2.24) is 4.57 Å². The number of ketones is 1. The molecule has 0 N–H and O–H groups in total. The zero-order valence-corrected chi connectivity index (χ0v) is 5.45. The number of hydrogen-bond acceptors (Lipinski definition) is 1. The summed E-state index contributed by atoms with van der Waals surface area (Å²) in [6.45, 7) is 0. The molecule has 50 valence electrons. The van der Waals surface area contributed by atoms with Crippen molar-refractivity contribution >= 4 is 12.0 Å². The number of carbonyl (C=O) groups excluding carboxylic acids is 1. The number of aromatic nitrogens is 1. The van der Waals surface area contributed by atoms with Crippen LogP contribution in [0.3, 0.4) is 0 Å². The van der Waals surface area contributed by atoms with Gasteiger partial charge in [0.05, 0.1) is 6.42 Å². The first-order valence-electron chi connectivity index (χ1n) is 3.23. The average Bonchev–Trinajstić information content (AvgIpc) is 2.33. The molecule has 0 aliphatic carbocycles. The Balaban J connectivity index is 2.52. The zero-order valence-electron chi connectivity index (χ0n) is 5.45. The lowest BCUT2D eigenvalue weighted by Gasteiger charge is -2.05. The summed E-state index contributed by atoms with van der Waals surface area (Å²) in [5.41, 5.74) is 1.08. The quantitative estimate of drug-likeness (QED) is 0.519. The third-order valence-corrected chi connectivity index (χ3v) is 1.64. The summed E-state index contributed by atoms with van der Waals surface area (Å²) in [7, 11) is 0. The van der Waals surface area contributed by atoms with Crippen LogP contribution in [0.5, 0.6) is 0 Å². The summed E-state index contributed by atoms with van der Waals surface area (Å²) in [6, 6.07) is 3.90. The molecule has 0 saturated carbocycles. The normalized spacial score (nSPS) is 15.4. The molecule has 0 aromatic carbocycles. The fourth-order valence-electron chi connectivity index (χ4n) is 1.13. The Morgan fingerprint density at radius 2 is 2.40 bits per heavy atom. The van der Waals surface area contributed by atoms with E-state index in [4.69, 9.17) is 0 Å². The minimum atomic E-state index is 0.186. The molecule has 2 heteroatoms. The largest absolute Gasteiger partial charge is 0.327 e. The van der Waals surface area contributed by atoms with Crippen LogP contribution in [-0.2, 0) is 11.2 Å². The Hall–Kier alpha value is -1.31. The van der Waals surface area contributed by atoms with Gasteiger partial charge in [0.25, 0.3) is 0 Å². The van der Waals surface area contributed by atoms with Crippen LogP contribution in [0.25, 0.3) is 6.20 Å². The molecule has 1 aliphatic rings. The van der Waals surface area contributed by atoms with Gasteiger partial charge in [0.2, 0.25) is 0 Å². The van der Waals surface area contributed by atoms with E-state index in [0.717, 1.165) is 5.69 Å². The van der Waals surface area contributed by atoms with Crippen molar-refractivity contribution in [3.05, 3.63) is 30.1 Å². The van der Waals surface area contributed by atoms with Crippen molar-refractivity contribution in [2.45, 2.75) is 6.42 Å². The van der Waals surface area contributed by atoms with Crippen LogP contribution in [0.1, 0.15) is 5.69 Å². The van der Waals surface area contributed by atoms with Gasteiger partial charge in [0.1, 0.15) is 0 Å². The Kier molecular flexibility index (Phi) is 1.01. The molecule has 0 spiro atoms. The molecule has 0 bridgehead atoms. The van der Waals surface area contributed by atoms with E-state index in [1.165, 1.54) is 0 Å². The van der Waals surface area contributed by atoms with Crippen LogP contribution in [0.4, 0.5) is 0 Å². The molecule has 0 atom stereocenters. The molecule has 10 heavy (non-hydrogen) atoms. The van der Waals surface area contributed by atoms with Crippen molar-refractivity contribution in [2.75, 3.05) is 0 Å². The van der Waals surface area contributed by atoms with E-state index in [1.54, 1.807) is 12.3 Å². The molecule has 0 amide bonds. The summed E-state index contributed by atoms with van der Waals surface area (Å²) < 4.78 is 1.96. The van der Waals surface area contributed by atoms with Crippen molar-refractivity contribution in [1.29, 1.82) is 0 Å². The highest BCUT2D eigenvalue weighted by Gasteiger charge is 2.07. The third kappa shape index (κ3) is 0.692. The van der Waals surface area contributed by atoms with Gasteiger partial charge in [-0.05, 0) is 18.2 Å². The van der Waals surface area contributed by atoms with Gasteiger partial charge in [-0.3, -0.25) is 4.79 Å². The molecular formula is C8H7NO. The lowest BCUT2D eigenvalue weighted by molar-refractivity contribution is -0.114. The highest BCUT2D eigenvalue weighted by atomic mass is 16.1. The monoisotopic (exact) mass is 133 g/mol. The van der Waals surface area contributed by atoms with E-state index in [2.05, 4.69) is 0 Å². The van der Waals surface area contributed by atoms with Crippen molar-refractivity contribution in [3.63, 3.8) is 0 Å². The van der Waals surface area contributed by atoms with Crippen molar-refractivity contribution < 1.29 is 4.79 Å². The van der Waals surface area contributed by atoms with E-state index in [1.807, 2.05) is 22.9 Å². The Bertz CT molecular complexity index is 296. The van der Waals surface area contributed by atoms with Gasteiger partial charge in [0, 0.05) is 18.1 Å². The van der Waals surface area contributed by atoms with Crippen LogP contribution >= 0.6 is 0 Å². The molecule has 2 nitrogen and oxygen atoms in total. The Labute approximate surface area is 58.8 Å². The van der Waals surface area contributed by atoms with Gasteiger partial charge in [-0.15, -0.1) is 0 Å². The molecule has 0 fully saturated rings. The number of carbonyl (C=O) groups is 1. The predicted octanol–water partition coefficient (Wildman–Crippen LogP) is 1.08. The lowest BCUT2D eigenvalue weighted by atomic mass is 10.2. The highest BCUT2D eigenvalue weighted by molar-refractivity contribution is 5.95. The minimum Gasteiger partial charge on any atom is -0.327 e. The van der Waals surface area contributed by atoms with E-state index >= 15 is 0 Å². The van der Waals surface area contributed by atoms with Gasteiger partial charge in [0.15, 0.2) is 5.78 Å². The third-order valence-electron chi connectivity index (χ3n) is 1.64. The summed E-state index contributed by atoms with van der Waals surface area (Å²) in [5, 5.41) is 0. The second-order valence-electron chi connectivity index (χ2n) is 2.37. The molecule has 1 aromatic rings. The van der Waals surface area contributed by atoms with E-state index in [9.17, 15) is 4.79 Å². The fourth-order valence-corrected chi connectivity index (χ4v) is 1.13. The van der Waals surface area contributed by atoms with Crippen molar-refractivity contribution in [3.8, 4) is 0 Å². The summed E-state index contributed by atoms with van der Waals surface area (Å²) in [5.74, 6) is 0.186. The minimum absolute atomic E-state index is 0.186. The van der Waals surface area contributed by atoms with Gasteiger partial charge >= 0.3 is 0 Å². The van der Waals surface area contributed by atoms with E-state index in [0.29, 0.717) is 6.42 Å². The van der Waals surface area contributed by atoms with Gasteiger partial charge in [-0.1, -0.05) is 0 Å². The topological polar surface area (TPSA) is 22.0 Å². The number of nitrogens with zero attached hydrogens (tertiary/aromatic N) is 1. The first-order valence-corrected chi connectivity index (χ1v) is 3.23. The Morgan fingerprint density at radius 1 is 1.50 bits per heavy atom. The standard InChI is InChI=1S/C8H7NO/c10-8-3-5-9-4-1-2-7(9)6-8/h1-5H,6H2. The van der Waals surface area contributed by atoms with Crippen LogP contribution in [-0.4, -0.2) is 10.4 Å². The summed E-state index contributed by atoms with van der Waals surface area (Å²) in [6.07, 6.45) is 5.88.